The van der Waals surface area contributed by atoms with Gasteiger partial charge in [0, 0.05) is 18.8 Å². The van der Waals surface area contributed by atoms with E-state index in [0.29, 0.717) is 0 Å². The van der Waals surface area contributed by atoms with Crippen LogP contribution >= 0.6 is 11.3 Å². The van der Waals surface area contributed by atoms with Crippen LogP contribution in [-0.2, 0) is 9.53 Å². The maximum absolute atomic E-state index is 11.6. The third-order valence-electron chi connectivity index (χ3n) is 3.34. The lowest BCUT2D eigenvalue weighted by Crippen LogP contribution is -2.36. The van der Waals surface area contributed by atoms with Crippen LogP contribution in [0.2, 0.25) is 0 Å². The van der Waals surface area contributed by atoms with Crippen molar-refractivity contribution in [1.29, 1.82) is 0 Å². The first-order chi connectivity index (χ1) is 10.1. The van der Waals surface area contributed by atoms with Crippen LogP contribution in [0.1, 0.15) is 6.92 Å². The summed E-state index contributed by atoms with van der Waals surface area (Å²) in [5, 5.41) is 3.81. The van der Waals surface area contributed by atoms with Crippen LogP contribution in [0.15, 0.2) is 18.2 Å². The molecule has 0 spiro atoms. The van der Waals surface area contributed by atoms with E-state index in [0.717, 1.165) is 47.3 Å². The number of carbonyl (C=O) groups is 1. The van der Waals surface area contributed by atoms with Crippen molar-refractivity contribution in [2.24, 2.45) is 5.73 Å². The number of carbonyl (C=O) groups excluding carboxylic acids is 1. The fourth-order valence-corrected chi connectivity index (χ4v) is 3.19. The zero-order chi connectivity index (χ0) is 14.8. The highest BCUT2D eigenvalue weighted by molar-refractivity contribution is 7.22. The molecule has 6 nitrogen and oxygen atoms in total. The average Bonchev–Trinajstić information content (AvgIpc) is 2.91. The highest BCUT2D eigenvalue weighted by Gasteiger charge is 2.16. The van der Waals surface area contributed by atoms with E-state index in [9.17, 15) is 4.79 Å². The minimum atomic E-state index is -0.522. The molecule has 21 heavy (non-hydrogen) atoms. The second-order valence-electron chi connectivity index (χ2n) is 5.06. The highest BCUT2D eigenvalue weighted by atomic mass is 32.1. The van der Waals surface area contributed by atoms with Crippen molar-refractivity contribution in [3.8, 4) is 0 Å². The summed E-state index contributed by atoms with van der Waals surface area (Å²) < 4.78 is 6.41. The lowest BCUT2D eigenvalue weighted by atomic mass is 10.2. The van der Waals surface area contributed by atoms with Crippen molar-refractivity contribution in [3.63, 3.8) is 0 Å². The average molecular weight is 306 g/mol. The number of nitrogens with zero attached hydrogens (tertiary/aromatic N) is 2. The van der Waals surface area contributed by atoms with Gasteiger partial charge >= 0.3 is 0 Å². The Labute approximate surface area is 126 Å². The van der Waals surface area contributed by atoms with Crippen molar-refractivity contribution < 1.29 is 9.53 Å². The number of rotatable bonds is 3. The van der Waals surface area contributed by atoms with E-state index in [4.69, 9.17) is 10.5 Å². The summed E-state index contributed by atoms with van der Waals surface area (Å²) in [7, 11) is 0. The molecule has 7 heteroatoms. The van der Waals surface area contributed by atoms with Gasteiger partial charge in [-0.1, -0.05) is 11.3 Å². The Morgan fingerprint density at radius 3 is 2.95 bits per heavy atom. The molecule has 0 saturated carbocycles. The maximum Gasteiger partial charge on any atom is 0.240 e. The number of aromatic nitrogens is 1. The zero-order valence-electron chi connectivity index (χ0n) is 11.8. The van der Waals surface area contributed by atoms with E-state index in [1.54, 1.807) is 18.3 Å². The molecule has 1 saturated heterocycles. The van der Waals surface area contributed by atoms with Gasteiger partial charge in [-0.25, -0.2) is 4.98 Å². The summed E-state index contributed by atoms with van der Waals surface area (Å²) in [5.74, 6) is -0.188. The van der Waals surface area contributed by atoms with E-state index in [2.05, 4.69) is 15.2 Å². The number of morpholine rings is 1. The topological polar surface area (TPSA) is 80.5 Å². The van der Waals surface area contributed by atoms with Crippen LogP contribution in [-0.4, -0.2) is 43.2 Å². The summed E-state index contributed by atoms with van der Waals surface area (Å²) in [5.41, 5.74) is 7.25. The first-order valence-electron chi connectivity index (χ1n) is 6.93. The predicted octanol–water partition coefficient (Wildman–Crippen LogP) is 1.42. The number of nitrogens with one attached hydrogen (secondary N) is 1. The molecule has 1 aromatic heterocycles. The van der Waals surface area contributed by atoms with Crippen molar-refractivity contribution >= 4 is 38.3 Å². The fourth-order valence-electron chi connectivity index (χ4n) is 2.14. The van der Waals surface area contributed by atoms with Crippen molar-refractivity contribution in [2.75, 3.05) is 36.5 Å². The Bertz CT molecular complexity index is 649. The molecule has 3 N–H and O–H groups in total. The molecule has 0 radical (unpaired) electrons. The number of benzene rings is 1. The SMILES string of the molecule is CC(N)C(=O)Nc1ccc2nc(N3CCOCC3)sc2c1. The third-order valence-corrected chi connectivity index (χ3v) is 4.42. The molecule has 3 rings (SSSR count). The number of nitrogens with two attached hydrogens (primary N) is 1. The van der Waals surface area contributed by atoms with Gasteiger partial charge in [0.25, 0.3) is 0 Å². The number of ether oxygens (including phenoxy) is 1. The summed E-state index contributed by atoms with van der Waals surface area (Å²) in [6.45, 7) is 4.89. The lowest BCUT2D eigenvalue weighted by molar-refractivity contribution is -0.117. The van der Waals surface area contributed by atoms with Gasteiger partial charge in [0.15, 0.2) is 5.13 Å². The number of amides is 1. The van der Waals surface area contributed by atoms with Crippen LogP contribution in [0, 0.1) is 0 Å². The summed E-state index contributed by atoms with van der Waals surface area (Å²) in [6, 6.07) is 5.20. The van der Waals surface area contributed by atoms with E-state index in [1.807, 2.05) is 18.2 Å². The van der Waals surface area contributed by atoms with Gasteiger partial charge in [0.2, 0.25) is 5.91 Å². The van der Waals surface area contributed by atoms with Gasteiger partial charge in [-0.05, 0) is 25.1 Å². The minimum Gasteiger partial charge on any atom is -0.378 e. The Kier molecular flexibility index (Phi) is 4.05. The van der Waals surface area contributed by atoms with E-state index >= 15 is 0 Å². The number of hydrogen-bond acceptors (Lipinski definition) is 6. The molecule has 0 bridgehead atoms. The smallest absolute Gasteiger partial charge is 0.240 e. The molecule has 1 unspecified atom stereocenters. The Morgan fingerprint density at radius 1 is 1.48 bits per heavy atom. The van der Waals surface area contributed by atoms with Gasteiger partial charge in [0.1, 0.15) is 0 Å². The number of hydrogen-bond donors (Lipinski definition) is 2. The molecule has 2 aromatic rings. The fraction of sp³-hybridized carbons (Fsp3) is 0.429. The number of anilines is 2. The first kappa shape index (κ1) is 14.2. The van der Waals surface area contributed by atoms with Crippen molar-refractivity contribution in [2.45, 2.75) is 13.0 Å². The van der Waals surface area contributed by atoms with Gasteiger partial charge in [0.05, 0.1) is 29.5 Å². The molecule has 1 atom stereocenters. The summed E-state index contributed by atoms with van der Waals surface area (Å²) >= 11 is 1.63. The van der Waals surface area contributed by atoms with Crippen LogP contribution in [0.5, 0.6) is 0 Å². The largest absolute Gasteiger partial charge is 0.378 e. The molecule has 2 heterocycles. The predicted molar refractivity (Wildman–Crippen MR) is 84.9 cm³/mol. The molecule has 112 valence electrons. The number of fused-ring (bicyclic) bond motifs is 1. The van der Waals surface area contributed by atoms with Gasteiger partial charge < -0.3 is 20.7 Å². The van der Waals surface area contributed by atoms with Crippen molar-refractivity contribution in [1.82, 2.24) is 4.98 Å². The van der Waals surface area contributed by atoms with Crippen molar-refractivity contribution in [3.05, 3.63) is 18.2 Å². The van der Waals surface area contributed by atoms with E-state index in [1.165, 1.54) is 0 Å². The first-order valence-corrected chi connectivity index (χ1v) is 7.75. The molecule has 1 aromatic carbocycles. The van der Waals surface area contributed by atoms with Gasteiger partial charge in [-0.3, -0.25) is 4.79 Å². The van der Waals surface area contributed by atoms with Crippen LogP contribution in [0.3, 0.4) is 0 Å². The van der Waals surface area contributed by atoms with Crippen LogP contribution < -0.4 is 16.0 Å². The zero-order valence-corrected chi connectivity index (χ0v) is 12.7. The van der Waals surface area contributed by atoms with Crippen LogP contribution in [0.25, 0.3) is 10.2 Å². The molecular formula is C14H18N4O2S. The normalized spacial score (nSPS) is 17.0. The molecular weight excluding hydrogens is 288 g/mol. The van der Waals surface area contributed by atoms with Gasteiger partial charge in [-0.2, -0.15) is 0 Å². The molecule has 1 aliphatic rings. The maximum atomic E-state index is 11.6. The molecule has 0 aliphatic carbocycles. The minimum absolute atomic E-state index is 0.188. The molecule has 1 aliphatic heterocycles. The summed E-state index contributed by atoms with van der Waals surface area (Å²) in [6.07, 6.45) is 0. The van der Waals surface area contributed by atoms with E-state index in [-0.39, 0.29) is 5.91 Å². The molecule has 1 fully saturated rings. The standard InChI is InChI=1S/C14H18N4O2S/c1-9(15)13(19)16-10-2-3-11-12(8-10)21-14(17-11)18-4-6-20-7-5-18/h2-3,8-9H,4-7,15H2,1H3,(H,16,19). The second kappa shape index (κ2) is 5.97. The third kappa shape index (κ3) is 3.15. The monoisotopic (exact) mass is 306 g/mol. The van der Waals surface area contributed by atoms with Crippen LogP contribution in [0.4, 0.5) is 10.8 Å². The quantitative estimate of drug-likeness (QED) is 0.896. The molecule has 1 amide bonds. The Hall–Kier alpha value is -1.70. The Balaban J connectivity index is 1.82. The van der Waals surface area contributed by atoms with Gasteiger partial charge in [-0.15, -0.1) is 0 Å². The second-order valence-corrected chi connectivity index (χ2v) is 6.07. The lowest BCUT2D eigenvalue weighted by Gasteiger charge is -2.25. The van der Waals surface area contributed by atoms with E-state index < -0.39 is 6.04 Å². The number of thiazole rings is 1. The summed E-state index contributed by atoms with van der Waals surface area (Å²) in [4.78, 5) is 18.5. The highest BCUT2D eigenvalue weighted by Crippen LogP contribution is 2.31. The Morgan fingerprint density at radius 2 is 2.24 bits per heavy atom.